The molecule has 0 bridgehead atoms. The second-order valence-electron chi connectivity index (χ2n) is 8.21. The average molecular weight is 418 g/mol. The van der Waals surface area contributed by atoms with E-state index in [0.717, 1.165) is 28.1 Å². The zero-order valence-electron chi connectivity index (χ0n) is 17.3. The highest BCUT2D eigenvalue weighted by Crippen LogP contribution is 2.23. The van der Waals surface area contributed by atoms with Crippen LogP contribution in [0.1, 0.15) is 41.7 Å². The molecule has 31 heavy (non-hydrogen) atoms. The second-order valence-corrected chi connectivity index (χ2v) is 8.21. The number of ether oxygens (including phenoxy) is 1. The summed E-state index contributed by atoms with van der Waals surface area (Å²) in [6.07, 6.45) is 0.201. The van der Waals surface area contributed by atoms with Gasteiger partial charge in [0, 0.05) is 33.2 Å². The number of H-pyrrole nitrogens is 2. The molecule has 2 aromatic heterocycles. The minimum atomic E-state index is -0.592. The molecule has 0 spiro atoms. The SMILES string of the molecule is CC(C)(C)OC(=O)Nc1ccc2[nH]c(C(=O)Nc3ccc4[nH]c(C=O)cc4c3)cc2c1. The first kappa shape index (κ1) is 20.2. The minimum Gasteiger partial charge on any atom is -0.444 e. The van der Waals surface area contributed by atoms with E-state index < -0.39 is 11.7 Å². The van der Waals surface area contributed by atoms with Crippen LogP contribution >= 0.6 is 0 Å². The number of rotatable bonds is 4. The number of aldehydes is 1. The van der Waals surface area contributed by atoms with Gasteiger partial charge in [-0.2, -0.15) is 0 Å². The minimum absolute atomic E-state index is 0.302. The quantitative estimate of drug-likeness (QED) is 0.347. The molecule has 0 fully saturated rings. The number of hydrogen-bond donors (Lipinski definition) is 4. The number of benzene rings is 2. The third-order valence-corrected chi connectivity index (χ3v) is 4.54. The van der Waals surface area contributed by atoms with E-state index >= 15 is 0 Å². The van der Waals surface area contributed by atoms with E-state index in [1.54, 1.807) is 69.3 Å². The van der Waals surface area contributed by atoms with Crippen LogP contribution in [0.2, 0.25) is 0 Å². The second kappa shape index (κ2) is 7.64. The number of nitrogens with one attached hydrogen (secondary N) is 4. The van der Waals surface area contributed by atoms with E-state index in [1.165, 1.54) is 0 Å². The van der Waals surface area contributed by atoms with Crippen LogP contribution in [0, 0.1) is 0 Å². The molecule has 0 saturated heterocycles. The van der Waals surface area contributed by atoms with Gasteiger partial charge in [0.15, 0.2) is 6.29 Å². The molecule has 0 unspecified atom stereocenters. The molecule has 0 atom stereocenters. The van der Waals surface area contributed by atoms with Crippen molar-refractivity contribution in [3.8, 4) is 0 Å². The average Bonchev–Trinajstić information content (AvgIpc) is 3.29. The largest absolute Gasteiger partial charge is 0.444 e. The molecule has 2 amide bonds. The van der Waals surface area contributed by atoms with Gasteiger partial charge in [-0.15, -0.1) is 0 Å². The summed E-state index contributed by atoms with van der Waals surface area (Å²) in [5.41, 5.74) is 3.02. The van der Waals surface area contributed by atoms with Gasteiger partial charge in [-0.1, -0.05) is 0 Å². The maximum atomic E-state index is 12.7. The van der Waals surface area contributed by atoms with Crippen LogP contribution in [0.5, 0.6) is 0 Å². The van der Waals surface area contributed by atoms with Crippen LogP contribution in [0.3, 0.4) is 0 Å². The number of aromatic amines is 2. The summed E-state index contributed by atoms with van der Waals surface area (Å²) in [5, 5.41) is 7.14. The van der Waals surface area contributed by atoms with Gasteiger partial charge in [0.25, 0.3) is 5.91 Å². The van der Waals surface area contributed by atoms with Gasteiger partial charge in [0.05, 0.1) is 5.69 Å². The first-order chi connectivity index (χ1) is 14.7. The highest BCUT2D eigenvalue weighted by atomic mass is 16.6. The maximum absolute atomic E-state index is 12.7. The third kappa shape index (κ3) is 4.58. The van der Waals surface area contributed by atoms with Crippen LogP contribution in [0.15, 0.2) is 48.5 Å². The first-order valence-electron chi connectivity index (χ1n) is 9.72. The van der Waals surface area contributed by atoms with E-state index in [0.29, 0.717) is 22.8 Å². The van der Waals surface area contributed by atoms with Crippen molar-refractivity contribution in [1.29, 1.82) is 0 Å². The molecule has 8 heteroatoms. The van der Waals surface area contributed by atoms with Gasteiger partial charge in [-0.25, -0.2) is 4.79 Å². The van der Waals surface area contributed by atoms with Crippen LogP contribution < -0.4 is 10.6 Å². The number of anilines is 2. The molecule has 0 radical (unpaired) electrons. The molecular weight excluding hydrogens is 396 g/mol. The topological polar surface area (TPSA) is 116 Å². The summed E-state index contributed by atoms with van der Waals surface area (Å²) >= 11 is 0. The predicted octanol–water partition coefficient (Wildman–Crippen LogP) is 5.06. The normalized spacial score (nSPS) is 11.5. The first-order valence-corrected chi connectivity index (χ1v) is 9.72. The molecule has 4 rings (SSSR count). The lowest BCUT2D eigenvalue weighted by Gasteiger charge is -2.19. The highest BCUT2D eigenvalue weighted by Gasteiger charge is 2.17. The van der Waals surface area contributed by atoms with E-state index in [4.69, 9.17) is 4.74 Å². The lowest BCUT2D eigenvalue weighted by molar-refractivity contribution is 0.0635. The Morgan fingerprint density at radius 2 is 1.48 bits per heavy atom. The Morgan fingerprint density at radius 1 is 0.871 bits per heavy atom. The number of amides is 2. The van der Waals surface area contributed by atoms with Crippen molar-refractivity contribution in [1.82, 2.24) is 9.97 Å². The zero-order valence-corrected chi connectivity index (χ0v) is 17.3. The Kier molecular flexibility index (Phi) is 4.98. The molecular formula is C23H22N4O4. The molecule has 0 aliphatic heterocycles. The Morgan fingerprint density at radius 3 is 2.13 bits per heavy atom. The summed E-state index contributed by atoms with van der Waals surface area (Å²) < 4.78 is 5.26. The molecule has 8 nitrogen and oxygen atoms in total. The molecule has 4 aromatic rings. The summed E-state index contributed by atoms with van der Waals surface area (Å²) in [7, 11) is 0. The lowest BCUT2D eigenvalue weighted by Crippen LogP contribution is -2.27. The standard InChI is InChI=1S/C23H22N4O4/c1-23(2,3)31-22(30)26-16-5-7-19-14(9-16)11-20(27-19)21(29)25-15-4-6-18-13(8-15)10-17(12-28)24-18/h4-12,24,27H,1-3H3,(H,25,29)(H,26,30). The molecule has 2 heterocycles. The summed E-state index contributed by atoms with van der Waals surface area (Å²) in [4.78, 5) is 41.6. The third-order valence-electron chi connectivity index (χ3n) is 4.54. The molecule has 0 aliphatic rings. The van der Waals surface area contributed by atoms with Crippen molar-refractivity contribution in [2.75, 3.05) is 10.6 Å². The van der Waals surface area contributed by atoms with Crippen molar-refractivity contribution < 1.29 is 19.1 Å². The Labute approximate surface area is 178 Å². The number of carbonyl (C=O) groups is 3. The zero-order chi connectivity index (χ0) is 22.2. The summed E-state index contributed by atoms with van der Waals surface area (Å²) in [6.45, 7) is 5.38. The van der Waals surface area contributed by atoms with E-state index in [1.807, 2.05) is 0 Å². The van der Waals surface area contributed by atoms with Crippen LogP contribution in [-0.2, 0) is 4.74 Å². The van der Waals surface area contributed by atoms with Gasteiger partial charge in [-0.05, 0) is 69.3 Å². The molecule has 4 N–H and O–H groups in total. The van der Waals surface area contributed by atoms with Gasteiger partial charge < -0.3 is 20.0 Å². The number of hydrogen-bond acceptors (Lipinski definition) is 4. The number of aromatic nitrogens is 2. The lowest BCUT2D eigenvalue weighted by atomic mass is 10.2. The Bertz CT molecular complexity index is 1310. The van der Waals surface area contributed by atoms with Crippen LogP contribution in [0.4, 0.5) is 16.2 Å². The van der Waals surface area contributed by atoms with Crippen LogP contribution in [0.25, 0.3) is 21.8 Å². The summed E-state index contributed by atoms with van der Waals surface area (Å²) in [6, 6.07) is 14.1. The highest BCUT2D eigenvalue weighted by molar-refractivity contribution is 6.07. The summed E-state index contributed by atoms with van der Waals surface area (Å²) in [5.74, 6) is -0.302. The predicted molar refractivity (Wildman–Crippen MR) is 120 cm³/mol. The fraction of sp³-hybridized carbons (Fsp3) is 0.174. The van der Waals surface area contributed by atoms with Gasteiger partial charge >= 0.3 is 6.09 Å². The fourth-order valence-electron chi connectivity index (χ4n) is 3.25. The molecule has 0 saturated carbocycles. The van der Waals surface area contributed by atoms with Gasteiger partial charge in [0.1, 0.15) is 11.3 Å². The smallest absolute Gasteiger partial charge is 0.412 e. The number of fused-ring (bicyclic) bond motifs is 2. The Hall–Kier alpha value is -4.07. The monoisotopic (exact) mass is 418 g/mol. The van der Waals surface area contributed by atoms with Crippen LogP contribution in [-0.4, -0.2) is 33.9 Å². The van der Waals surface area contributed by atoms with E-state index in [9.17, 15) is 14.4 Å². The van der Waals surface area contributed by atoms with Crippen molar-refractivity contribution in [3.63, 3.8) is 0 Å². The van der Waals surface area contributed by atoms with Crippen molar-refractivity contribution >= 4 is 51.5 Å². The van der Waals surface area contributed by atoms with Gasteiger partial charge in [0.2, 0.25) is 0 Å². The van der Waals surface area contributed by atoms with E-state index in [-0.39, 0.29) is 5.91 Å². The Balaban J connectivity index is 1.50. The van der Waals surface area contributed by atoms with Crippen molar-refractivity contribution in [2.24, 2.45) is 0 Å². The molecule has 158 valence electrons. The molecule has 0 aliphatic carbocycles. The van der Waals surface area contributed by atoms with Crippen molar-refractivity contribution in [3.05, 3.63) is 59.9 Å². The number of carbonyl (C=O) groups excluding carboxylic acids is 3. The maximum Gasteiger partial charge on any atom is 0.412 e. The van der Waals surface area contributed by atoms with Crippen molar-refractivity contribution in [2.45, 2.75) is 26.4 Å². The van der Waals surface area contributed by atoms with Gasteiger partial charge in [-0.3, -0.25) is 14.9 Å². The fourth-order valence-corrected chi connectivity index (χ4v) is 3.25. The van der Waals surface area contributed by atoms with E-state index in [2.05, 4.69) is 20.6 Å². The molecule has 2 aromatic carbocycles.